The van der Waals surface area contributed by atoms with Gasteiger partial charge in [0.15, 0.2) is 0 Å². The molecule has 98 valence electrons. The van der Waals surface area contributed by atoms with Crippen LogP contribution in [0.3, 0.4) is 0 Å². The number of hydrogen-bond donors (Lipinski definition) is 1. The Bertz CT molecular complexity index is 440. The second kappa shape index (κ2) is 6.21. The van der Waals surface area contributed by atoms with Crippen molar-refractivity contribution in [2.75, 3.05) is 25.1 Å². The Labute approximate surface area is 101 Å². The van der Waals surface area contributed by atoms with E-state index in [1.54, 1.807) is 6.07 Å². The van der Waals surface area contributed by atoms with Crippen molar-refractivity contribution in [3.05, 3.63) is 29.6 Å². The van der Waals surface area contributed by atoms with Gasteiger partial charge in [-0.25, -0.2) is 4.39 Å². The van der Waals surface area contributed by atoms with E-state index in [9.17, 15) is 17.6 Å². The summed E-state index contributed by atoms with van der Waals surface area (Å²) in [4.78, 5) is 0. The zero-order chi connectivity index (χ0) is 13.6. The van der Waals surface area contributed by atoms with Crippen LogP contribution >= 0.6 is 0 Å². The van der Waals surface area contributed by atoms with Gasteiger partial charge in [-0.1, -0.05) is 0 Å². The molecule has 1 rings (SSSR count). The zero-order valence-corrected chi connectivity index (χ0v) is 9.22. The molecular formula is C11H10F4N2O. The molecule has 0 saturated heterocycles. The fourth-order valence-corrected chi connectivity index (χ4v) is 1.21. The number of nitrogens with one attached hydrogen (secondary N) is 1. The Kier molecular flexibility index (Phi) is 4.92. The predicted octanol–water partition coefficient (Wildman–Crippen LogP) is 2.69. The van der Waals surface area contributed by atoms with Gasteiger partial charge in [0.1, 0.15) is 12.4 Å². The summed E-state index contributed by atoms with van der Waals surface area (Å²) in [5.41, 5.74) is 0.455. The van der Waals surface area contributed by atoms with Gasteiger partial charge in [-0.05, 0) is 18.2 Å². The molecular weight excluding hydrogens is 252 g/mol. The van der Waals surface area contributed by atoms with Crippen LogP contribution in [0.1, 0.15) is 5.56 Å². The second-order valence-corrected chi connectivity index (χ2v) is 3.43. The third-order valence-corrected chi connectivity index (χ3v) is 1.87. The molecule has 0 amide bonds. The lowest BCUT2D eigenvalue weighted by molar-refractivity contribution is -0.172. The van der Waals surface area contributed by atoms with E-state index >= 15 is 0 Å². The van der Waals surface area contributed by atoms with Crippen LogP contribution in [-0.2, 0) is 4.74 Å². The van der Waals surface area contributed by atoms with Gasteiger partial charge in [-0.3, -0.25) is 0 Å². The maximum absolute atomic E-state index is 13.0. The molecule has 18 heavy (non-hydrogen) atoms. The highest BCUT2D eigenvalue weighted by Gasteiger charge is 2.27. The van der Waals surface area contributed by atoms with Crippen molar-refractivity contribution in [1.82, 2.24) is 0 Å². The van der Waals surface area contributed by atoms with E-state index in [1.165, 1.54) is 6.07 Å². The fraction of sp³-hybridized carbons (Fsp3) is 0.364. The van der Waals surface area contributed by atoms with Crippen LogP contribution in [0.25, 0.3) is 0 Å². The van der Waals surface area contributed by atoms with Gasteiger partial charge in [-0.2, -0.15) is 18.4 Å². The largest absolute Gasteiger partial charge is 0.411 e. The van der Waals surface area contributed by atoms with Crippen molar-refractivity contribution < 1.29 is 22.3 Å². The van der Waals surface area contributed by atoms with Crippen LogP contribution in [0, 0.1) is 17.1 Å². The number of rotatable bonds is 5. The maximum Gasteiger partial charge on any atom is 0.411 e. The molecule has 0 unspecified atom stereocenters. The Balaban J connectivity index is 2.36. The molecule has 0 spiro atoms. The Morgan fingerprint density at radius 3 is 2.61 bits per heavy atom. The number of nitrogens with zero attached hydrogens (tertiary/aromatic N) is 1. The van der Waals surface area contributed by atoms with E-state index in [4.69, 9.17) is 5.26 Å². The minimum absolute atomic E-state index is 0.0877. The Morgan fingerprint density at radius 1 is 1.28 bits per heavy atom. The highest BCUT2D eigenvalue weighted by Crippen LogP contribution is 2.15. The number of halogens is 4. The number of anilines is 1. The molecule has 0 aromatic heterocycles. The SMILES string of the molecule is N#Cc1cc(F)cc(NCCOCC(F)(F)F)c1. The summed E-state index contributed by atoms with van der Waals surface area (Å²) in [6.07, 6.45) is -4.35. The summed E-state index contributed by atoms with van der Waals surface area (Å²) in [7, 11) is 0. The van der Waals surface area contributed by atoms with Crippen LogP contribution in [0.15, 0.2) is 18.2 Å². The minimum atomic E-state index is -4.35. The summed E-state index contributed by atoms with van der Waals surface area (Å²) < 4.78 is 52.5. The molecule has 7 heteroatoms. The molecule has 1 N–H and O–H groups in total. The number of ether oxygens (including phenoxy) is 1. The van der Waals surface area contributed by atoms with Gasteiger partial charge in [0.25, 0.3) is 0 Å². The summed E-state index contributed by atoms with van der Waals surface area (Å²) in [5, 5.41) is 11.3. The van der Waals surface area contributed by atoms with Crippen molar-refractivity contribution in [2.24, 2.45) is 0 Å². The first-order valence-electron chi connectivity index (χ1n) is 5.00. The number of nitriles is 1. The molecule has 0 fully saturated rings. The van der Waals surface area contributed by atoms with Crippen LogP contribution in [-0.4, -0.2) is 25.9 Å². The van der Waals surface area contributed by atoms with Gasteiger partial charge >= 0.3 is 6.18 Å². The number of benzene rings is 1. The average molecular weight is 262 g/mol. The molecule has 0 radical (unpaired) electrons. The van der Waals surface area contributed by atoms with Crippen LogP contribution < -0.4 is 5.32 Å². The van der Waals surface area contributed by atoms with Crippen LogP contribution in [0.4, 0.5) is 23.2 Å². The standard InChI is InChI=1S/C11H10F4N2O/c12-9-3-8(6-16)4-10(5-9)17-1-2-18-7-11(13,14)15/h3-5,17H,1-2,7H2. The lowest BCUT2D eigenvalue weighted by Crippen LogP contribution is -2.20. The molecule has 1 aromatic carbocycles. The van der Waals surface area contributed by atoms with Gasteiger partial charge in [0.05, 0.1) is 18.2 Å². The first-order valence-corrected chi connectivity index (χ1v) is 5.00. The first-order chi connectivity index (χ1) is 8.40. The number of alkyl halides is 3. The third-order valence-electron chi connectivity index (χ3n) is 1.87. The van der Waals surface area contributed by atoms with Crippen molar-refractivity contribution in [2.45, 2.75) is 6.18 Å². The maximum atomic E-state index is 13.0. The fourth-order valence-electron chi connectivity index (χ4n) is 1.21. The topological polar surface area (TPSA) is 45.0 Å². The lowest BCUT2D eigenvalue weighted by Gasteiger charge is -2.09. The zero-order valence-electron chi connectivity index (χ0n) is 9.22. The molecule has 0 aliphatic rings. The lowest BCUT2D eigenvalue weighted by atomic mass is 10.2. The summed E-state index contributed by atoms with van der Waals surface area (Å²) in [6, 6.07) is 5.37. The average Bonchev–Trinajstić information content (AvgIpc) is 2.26. The van der Waals surface area contributed by atoms with E-state index in [-0.39, 0.29) is 18.7 Å². The minimum Gasteiger partial charge on any atom is -0.383 e. The number of hydrogen-bond acceptors (Lipinski definition) is 3. The molecule has 0 heterocycles. The van der Waals surface area contributed by atoms with E-state index in [0.29, 0.717) is 5.69 Å². The first kappa shape index (κ1) is 14.3. The molecule has 0 saturated carbocycles. The van der Waals surface area contributed by atoms with Crippen LogP contribution in [0.2, 0.25) is 0 Å². The molecule has 0 aliphatic carbocycles. The third kappa shape index (κ3) is 5.50. The summed E-state index contributed by atoms with van der Waals surface area (Å²) >= 11 is 0. The van der Waals surface area contributed by atoms with Crippen molar-refractivity contribution >= 4 is 5.69 Å². The van der Waals surface area contributed by atoms with Gasteiger partial charge in [-0.15, -0.1) is 0 Å². The summed E-state index contributed by atoms with van der Waals surface area (Å²) in [6.45, 7) is -1.40. The van der Waals surface area contributed by atoms with E-state index < -0.39 is 18.6 Å². The monoisotopic (exact) mass is 262 g/mol. The molecule has 0 aliphatic heterocycles. The Hall–Kier alpha value is -1.81. The van der Waals surface area contributed by atoms with Gasteiger partial charge in [0, 0.05) is 12.2 Å². The smallest absolute Gasteiger partial charge is 0.383 e. The van der Waals surface area contributed by atoms with E-state index in [1.807, 2.05) is 0 Å². The summed E-state index contributed by atoms with van der Waals surface area (Å²) in [5.74, 6) is -0.590. The van der Waals surface area contributed by atoms with Crippen molar-refractivity contribution in [3.63, 3.8) is 0 Å². The van der Waals surface area contributed by atoms with E-state index in [0.717, 1.165) is 12.1 Å². The Morgan fingerprint density at radius 2 is 2.00 bits per heavy atom. The second-order valence-electron chi connectivity index (χ2n) is 3.43. The van der Waals surface area contributed by atoms with Crippen molar-refractivity contribution in [3.8, 4) is 6.07 Å². The van der Waals surface area contributed by atoms with Crippen molar-refractivity contribution in [1.29, 1.82) is 5.26 Å². The normalized spacial score (nSPS) is 11.1. The predicted molar refractivity (Wildman–Crippen MR) is 56.5 cm³/mol. The van der Waals surface area contributed by atoms with Gasteiger partial charge < -0.3 is 10.1 Å². The highest BCUT2D eigenvalue weighted by atomic mass is 19.4. The molecule has 0 atom stereocenters. The van der Waals surface area contributed by atoms with E-state index in [2.05, 4.69) is 10.1 Å². The highest BCUT2D eigenvalue weighted by molar-refractivity contribution is 5.49. The quantitative estimate of drug-likeness (QED) is 0.655. The molecule has 0 bridgehead atoms. The van der Waals surface area contributed by atoms with Gasteiger partial charge in [0.2, 0.25) is 0 Å². The molecule has 3 nitrogen and oxygen atoms in total. The van der Waals surface area contributed by atoms with Crippen LogP contribution in [0.5, 0.6) is 0 Å². The molecule has 1 aromatic rings.